The summed E-state index contributed by atoms with van der Waals surface area (Å²) in [5.74, 6) is 1.66. The van der Waals surface area contributed by atoms with E-state index in [1.807, 2.05) is 42.5 Å². The summed E-state index contributed by atoms with van der Waals surface area (Å²) < 4.78 is 6.82. The van der Waals surface area contributed by atoms with Crippen LogP contribution >= 0.6 is 27.7 Å². The zero-order valence-corrected chi connectivity index (χ0v) is 13.0. The highest BCUT2D eigenvalue weighted by Gasteiger charge is 2.07. The third-order valence-electron chi connectivity index (χ3n) is 2.82. The van der Waals surface area contributed by atoms with Crippen molar-refractivity contribution in [1.82, 2.24) is 4.98 Å². The van der Waals surface area contributed by atoms with Gasteiger partial charge in [0, 0.05) is 15.8 Å². The van der Waals surface area contributed by atoms with Crippen LogP contribution in [0.25, 0.3) is 11.3 Å². The van der Waals surface area contributed by atoms with Crippen LogP contribution in [0.1, 0.15) is 5.56 Å². The molecule has 0 radical (unpaired) electrons. The van der Waals surface area contributed by atoms with Gasteiger partial charge in [0.05, 0.1) is 6.20 Å². The molecule has 0 bridgehead atoms. The minimum Gasteiger partial charge on any atom is -0.431 e. The average molecular weight is 346 g/mol. The maximum absolute atomic E-state index is 5.77. The third-order valence-corrected chi connectivity index (χ3v) is 4.26. The molecule has 2 nitrogen and oxygen atoms in total. The first kappa shape index (κ1) is 13.5. The molecule has 0 spiro atoms. The fraction of sp³-hybridized carbons (Fsp3) is 0.0625. The maximum Gasteiger partial charge on any atom is 0.256 e. The van der Waals surface area contributed by atoms with Crippen molar-refractivity contribution in [1.29, 1.82) is 0 Å². The highest BCUT2D eigenvalue weighted by atomic mass is 79.9. The van der Waals surface area contributed by atoms with Crippen molar-refractivity contribution in [3.63, 3.8) is 0 Å². The van der Waals surface area contributed by atoms with E-state index in [-0.39, 0.29) is 0 Å². The molecule has 1 heterocycles. The Morgan fingerprint density at radius 2 is 1.75 bits per heavy atom. The summed E-state index contributed by atoms with van der Waals surface area (Å²) in [4.78, 5) is 4.31. The summed E-state index contributed by atoms with van der Waals surface area (Å²) in [5, 5.41) is 0.701. The maximum atomic E-state index is 5.77. The molecule has 0 atom stereocenters. The lowest BCUT2D eigenvalue weighted by molar-refractivity contribution is 0.466. The first-order valence-corrected chi connectivity index (χ1v) is 7.97. The van der Waals surface area contributed by atoms with E-state index < -0.39 is 0 Å². The summed E-state index contributed by atoms with van der Waals surface area (Å²) in [5.41, 5.74) is 2.30. The Hall–Kier alpha value is -1.52. The van der Waals surface area contributed by atoms with Gasteiger partial charge in [-0.2, -0.15) is 0 Å². The van der Waals surface area contributed by atoms with Gasteiger partial charge in [-0.15, -0.1) is 0 Å². The lowest BCUT2D eigenvalue weighted by Crippen LogP contribution is -1.78. The van der Waals surface area contributed by atoms with Crippen LogP contribution in [-0.2, 0) is 5.75 Å². The zero-order valence-electron chi connectivity index (χ0n) is 10.6. The molecule has 20 heavy (non-hydrogen) atoms. The number of thioether (sulfide) groups is 1. The fourth-order valence-electron chi connectivity index (χ4n) is 1.79. The monoisotopic (exact) mass is 345 g/mol. The predicted octanol–water partition coefficient (Wildman–Crippen LogP) is 5.40. The van der Waals surface area contributed by atoms with E-state index in [4.69, 9.17) is 4.42 Å². The topological polar surface area (TPSA) is 26.0 Å². The van der Waals surface area contributed by atoms with Crippen LogP contribution in [0.15, 0.2) is 74.9 Å². The zero-order chi connectivity index (χ0) is 13.8. The van der Waals surface area contributed by atoms with Gasteiger partial charge in [0.2, 0.25) is 0 Å². The van der Waals surface area contributed by atoms with Crippen molar-refractivity contribution < 1.29 is 4.42 Å². The summed E-state index contributed by atoms with van der Waals surface area (Å²) in [6.45, 7) is 0. The number of rotatable bonds is 4. The second-order valence-corrected chi connectivity index (χ2v) is 6.11. The quantitative estimate of drug-likeness (QED) is 0.592. The molecule has 0 aliphatic heterocycles. The molecule has 0 fully saturated rings. The number of nitrogens with zero attached hydrogens (tertiary/aromatic N) is 1. The van der Waals surface area contributed by atoms with Crippen LogP contribution in [0.5, 0.6) is 0 Å². The molecule has 3 rings (SSSR count). The van der Waals surface area contributed by atoms with Crippen LogP contribution in [0.2, 0.25) is 0 Å². The summed E-state index contributed by atoms with van der Waals surface area (Å²) in [6.07, 6.45) is 1.77. The highest BCUT2D eigenvalue weighted by molar-refractivity contribution is 9.10. The Balaban J connectivity index is 1.69. The standard InChI is InChI=1S/C16H12BrNOS/c17-14-8-6-13(7-9-14)15-10-18-16(19-15)20-11-12-4-2-1-3-5-12/h1-10H,11H2. The molecule has 3 aromatic rings. The Bertz CT molecular complexity index is 679. The summed E-state index contributed by atoms with van der Waals surface area (Å²) in [7, 11) is 0. The number of hydrogen-bond donors (Lipinski definition) is 0. The molecule has 2 aromatic carbocycles. The molecule has 0 saturated carbocycles. The molecule has 1 aromatic heterocycles. The molecular weight excluding hydrogens is 334 g/mol. The van der Waals surface area contributed by atoms with Crippen LogP contribution in [-0.4, -0.2) is 4.98 Å². The molecule has 100 valence electrons. The molecule has 0 amide bonds. The lowest BCUT2D eigenvalue weighted by Gasteiger charge is -1.98. The molecular formula is C16H12BrNOS. The van der Waals surface area contributed by atoms with Crippen molar-refractivity contribution in [2.24, 2.45) is 0 Å². The van der Waals surface area contributed by atoms with Gasteiger partial charge in [-0.25, -0.2) is 4.98 Å². The first-order valence-electron chi connectivity index (χ1n) is 6.20. The van der Waals surface area contributed by atoms with E-state index in [2.05, 4.69) is 33.0 Å². The number of aromatic nitrogens is 1. The summed E-state index contributed by atoms with van der Waals surface area (Å²) in [6, 6.07) is 18.3. The normalized spacial score (nSPS) is 10.7. The molecule has 0 unspecified atom stereocenters. The minimum atomic E-state index is 0.701. The van der Waals surface area contributed by atoms with Crippen LogP contribution in [0, 0.1) is 0 Å². The second kappa shape index (κ2) is 6.29. The number of halogens is 1. The second-order valence-electron chi connectivity index (χ2n) is 4.27. The summed E-state index contributed by atoms with van der Waals surface area (Å²) >= 11 is 5.03. The van der Waals surface area contributed by atoms with E-state index in [1.54, 1.807) is 18.0 Å². The van der Waals surface area contributed by atoms with E-state index in [0.717, 1.165) is 21.5 Å². The fourth-order valence-corrected chi connectivity index (χ4v) is 2.81. The van der Waals surface area contributed by atoms with Crippen LogP contribution < -0.4 is 0 Å². The van der Waals surface area contributed by atoms with E-state index in [9.17, 15) is 0 Å². The van der Waals surface area contributed by atoms with E-state index in [0.29, 0.717) is 5.22 Å². The average Bonchev–Trinajstić information content (AvgIpc) is 2.96. The largest absolute Gasteiger partial charge is 0.431 e. The van der Waals surface area contributed by atoms with Gasteiger partial charge >= 0.3 is 0 Å². The Morgan fingerprint density at radius 1 is 1.00 bits per heavy atom. The van der Waals surface area contributed by atoms with Gasteiger partial charge in [0.15, 0.2) is 5.76 Å². The Kier molecular flexibility index (Phi) is 4.23. The molecule has 0 aliphatic rings. The number of oxazole rings is 1. The highest BCUT2D eigenvalue weighted by Crippen LogP contribution is 2.28. The Labute approximate surface area is 130 Å². The van der Waals surface area contributed by atoms with Crippen molar-refractivity contribution in [2.45, 2.75) is 11.0 Å². The number of hydrogen-bond acceptors (Lipinski definition) is 3. The predicted molar refractivity (Wildman–Crippen MR) is 85.6 cm³/mol. The first-order chi connectivity index (χ1) is 9.81. The van der Waals surface area contributed by atoms with Crippen LogP contribution in [0.3, 0.4) is 0 Å². The molecule has 0 N–H and O–H groups in total. The van der Waals surface area contributed by atoms with Gasteiger partial charge in [-0.1, -0.05) is 70.2 Å². The molecule has 0 saturated heterocycles. The van der Waals surface area contributed by atoms with E-state index in [1.165, 1.54) is 5.56 Å². The Morgan fingerprint density at radius 3 is 2.50 bits per heavy atom. The van der Waals surface area contributed by atoms with Gasteiger partial charge in [-0.05, 0) is 17.7 Å². The van der Waals surface area contributed by atoms with Crippen molar-refractivity contribution >= 4 is 27.7 Å². The van der Waals surface area contributed by atoms with E-state index >= 15 is 0 Å². The lowest BCUT2D eigenvalue weighted by atomic mass is 10.2. The third kappa shape index (κ3) is 3.32. The van der Waals surface area contributed by atoms with Gasteiger partial charge in [0.1, 0.15) is 0 Å². The van der Waals surface area contributed by atoms with Crippen LogP contribution in [0.4, 0.5) is 0 Å². The van der Waals surface area contributed by atoms with Crippen molar-refractivity contribution in [3.8, 4) is 11.3 Å². The molecule has 4 heteroatoms. The molecule has 0 aliphatic carbocycles. The number of benzene rings is 2. The smallest absolute Gasteiger partial charge is 0.256 e. The van der Waals surface area contributed by atoms with Crippen molar-refractivity contribution in [2.75, 3.05) is 0 Å². The minimum absolute atomic E-state index is 0.701. The van der Waals surface area contributed by atoms with Gasteiger partial charge in [0.25, 0.3) is 5.22 Å². The van der Waals surface area contributed by atoms with Gasteiger partial charge in [-0.3, -0.25) is 0 Å². The van der Waals surface area contributed by atoms with Gasteiger partial charge < -0.3 is 4.42 Å². The van der Waals surface area contributed by atoms with Crippen molar-refractivity contribution in [3.05, 3.63) is 70.8 Å². The SMILES string of the molecule is Brc1ccc(-c2cnc(SCc3ccccc3)o2)cc1.